The number of benzene rings is 2. The lowest BCUT2D eigenvalue weighted by Crippen LogP contribution is -2.37. The number of nitrogens with one attached hydrogen (secondary N) is 1. The van der Waals surface area contributed by atoms with E-state index in [-0.39, 0.29) is 6.61 Å². The van der Waals surface area contributed by atoms with Crippen LogP contribution in [-0.2, 0) is 13.2 Å². The summed E-state index contributed by atoms with van der Waals surface area (Å²) in [6.07, 6.45) is 2.50. The van der Waals surface area contributed by atoms with Gasteiger partial charge in [0.2, 0.25) is 0 Å². The molecule has 1 fully saturated rings. The summed E-state index contributed by atoms with van der Waals surface area (Å²) in [6.45, 7) is 8.45. The van der Waals surface area contributed by atoms with Gasteiger partial charge in [0.25, 0.3) is 0 Å². The van der Waals surface area contributed by atoms with Gasteiger partial charge in [0.05, 0.1) is 16.7 Å². The molecule has 0 saturated carbocycles. The summed E-state index contributed by atoms with van der Waals surface area (Å²) >= 11 is 12.6. The topological polar surface area (TPSA) is 33.7 Å². The molecule has 7 heteroatoms. The summed E-state index contributed by atoms with van der Waals surface area (Å²) in [7, 11) is 0. The molecule has 0 aromatic heterocycles. The molecular weight excluding hydrogens is 426 g/mol. The maximum absolute atomic E-state index is 14.0. The summed E-state index contributed by atoms with van der Waals surface area (Å²) < 4.78 is 25.6. The minimum absolute atomic E-state index is 0.0303. The molecule has 1 unspecified atom stereocenters. The van der Waals surface area contributed by atoms with Crippen LogP contribution >= 0.6 is 23.2 Å². The average molecular weight is 455 g/mol. The van der Waals surface area contributed by atoms with Gasteiger partial charge in [-0.05, 0) is 62.7 Å². The van der Waals surface area contributed by atoms with Crippen LogP contribution < -0.4 is 14.8 Å². The van der Waals surface area contributed by atoms with Crippen LogP contribution in [0, 0.1) is 5.82 Å². The standard InChI is InChI=1S/C23H29Cl2FN2O2/c1-3-28-10-6-7-17(28)14-27-13-16-11-20(25)23(22(12-16)29-4-2)30-15-18-19(24)8-5-9-21(18)26/h5,8-9,11-12,17,27H,3-4,6-7,10,13-15H2,1-2H3. The van der Waals surface area contributed by atoms with Crippen LogP contribution in [0.15, 0.2) is 30.3 Å². The Hall–Kier alpha value is -1.53. The third-order valence-electron chi connectivity index (χ3n) is 5.41. The third-order valence-corrected chi connectivity index (χ3v) is 6.04. The molecule has 1 aliphatic rings. The number of hydrogen-bond acceptors (Lipinski definition) is 4. The van der Waals surface area contributed by atoms with Crippen molar-refractivity contribution in [1.82, 2.24) is 10.2 Å². The Morgan fingerprint density at radius 1 is 1.17 bits per heavy atom. The first-order valence-electron chi connectivity index (χ1n) is 10.5. The van der Waals surface area contributed by atoms with Gasteiger partial charge >= 0.3 is 0 Å². The van der Waals surface area contributed by atoms with E-state index in [0.717, 1.165) is 18.7 Å². The van der Waals surface area contributed by atoms with Crippen molar-refractivity contribution in [2.24, 2.45) is 0 Å². The molecule has 1 N–H and O–H groups in total. The van der Waals surface area contributed by atoms with E-state index in [1.165, 1.54) is 25.5 Å². The van der Waals surface area contributed by atoms with Gasteiger partial charge in [-0.1, -0.05) is 36.2 Å². The quantitative estimate of drug-likeness (QED) is 0.500. The molecule has 1 heterocycles. The van der Waals surface area contributed by atoms with Gasteiger partial charge < -0.3 is 14.8 Å². The molecule has 0 bridgehead atoms. The van der Waals surface area contributed by atoms with Crippen LogP contribution in [0.2, 0.25) is 10.0 Å². The predicted octanol–water partition coefficient (Wildman–Crippen LogP) is 5.68. The largest absolute Gasteiger partial charge is 0.490 e. The van der Waals surface area contributed by atoms with Crippen LogP contribution in [0.3, 0.4) is 0 Å². The molecule has 1 aliphatic heterocycles. The van der Waals surface area contributed by atoms with Crippen LogP contribution in [0.1, 0.15) is 37.8 Å². The molecule has 0 spiro atoms. The van der Waals surface area contributed by atoms with Crippen LogP contribution in [0.4, 0.5) is 4.39 Å². The van der Waals surface area contributed by atoms with E-state index in [9.17, 15) is 4.39 Å². The van der Waals surface area contributed by atoms with E-state index in [2.05, 4.69) is 17.1 Å². The van der Waals surface area contributed by atoms with Crippen LogP contribution in [0.25, 0.3) is 0 Å². The second kappa shape index (κ2) is 11.2. The molecule has 4 nitrogen and oxygen atoms in total. The normalized spacial score (nSPS) is 16.8. The van der Waals surface area contributed by atoms with Crippen molar-refractivity contribution in [3.63, 3.8) is 0 Å². The first kappa shape index (κ1) is 23.1. The zero-order valence-electron chi connectivity index (χ0n) is 17.5. The zero-order chi connectivity index (χ0) is 21.5. The molecule has 0 amide bonds. The summed E-state index contributed by atoms with van der Waals surface area (Å²) in [5.41, 5.74) is 1.31. The molecule has 30 heavy (non-hydrogen) atoms. The first-order valence-corrected chi connectivity index (χ1v) is 11.2. The Bertz CT molecular complexity index is 830. The molecule has 1 saturated heterocycles. The van der Waals surface area contributed by atoms with Crippen molar-refractivity contribution < 1.29 is 13.9 Å². The first-order chi connectivity index (χ1) is 14.5. The Labute approximate surface area is 188 Å². The number of ether oxygens (including phenoxy) is 2. The summed E-state index contributed by atoms with van der Waals surface area (Å²) in [5.74, 6) is 0.533. The predicted molar refractivity (Wildman–Crippen MR) is 120 cm³/mol. The van der Waals surface area contributed by atoms with Crippen LogP contribution in [-0.4, -0.2) is 37.2 Å². The lowest BCUT2D eigenvalue weighted by atomic mass is 10.1. The van der Waals surface area contributed by atoms with E-state index < -0.39 is 5.82 Å². The smallest absolute Gasteiger partial charge is 0.180 e. The van der Waals surface area contributed by atoms with Crippen molar-refractivity contribution in [3.05, 3.63) is 57.3 Å². The highest BCUT2D eigenvalue weighted by atomic mass is 35.5. The van der Waals surface area contributed by atoms with Crippen molar-refractivity contribution in [3.8, 4) is 11.5 Å². The van der Waals surface area contributed by atoms with Crippen LogP contribution in [0.5, 0.6) is 11.5 Å². The zero-order valence-corrected chi connectivity index (χ0v) is 19.0. The Balaban J connectivity index is 1.67. The van der Waals surface area contributed by atoms with Crippen molar-refractivity contribution in [2.75, 3.05) is 26.2 Å². The Kier molecular flexibility index (Phi) is 8.63. The van der Waals surface area contributed by atoms with Crippen molar-refractivity contribution in [2.45, 2.75) is 45.9 Å². The highest BCUT2D eigenvalue weighted by Gasteiger charge is 2.22. The van der Waals surface area contributed by atoms with E-state index in [1.54, 1.807) is 12.1 Å². The highest BCUT2D eigenvalue weighted by Crippen LogP contribution is 2.38. The van der Waals surface area contributed by atoms with Gasteiger partial charge in [0, 0.05) is 24.7 Å². The fourth-order valence-electron chi connectivity index (χ4n) is 3.87. The highest BCUT2D eigenvalue weighted by molar-refractivity contribution is 6.32. The minimum atomic E-state index is -0.412. The Morgan fingerprint density at radius 2 is 2.00 bits per heavy atom. The second-order valence-electron chi connectivity index (χ2n) is 7.38. The van der Waals surface area contributed by atoms with Gasteiger partial charge in [0.1, 0.15) is 12.4 Å². The van der Waals surface area contributed by atoms with Gasteiger partial charge in [-0.15, -0.1) is 0 Å². The lowest BCUT2D eigenvalue weighted by molar-refractivity contribution is 0.259. The molecule has 2 aromatic rings. The average Bonchev–Trinajstić information content (AvgIpc) is 3.17. The third kappa shape index (κ3) is 5.79. The van der Waals surface area contributed by atoms with E-state index in [1.807, 2.05) is 19.1 Å². The maximum Gasteiger partial charge on any atom is 0.180 e. The number of likely N-dealkylation sites (N-methyl/N-ethyl adjacent to an activating group) is 1. The number of hydrogen-bond donors (Lipinski definition) is 1. The summed E-state index contributed by atoms with van der Waals surface area (Å²) in [4.78, 5) is 2.51. The molecule has 1 atom stereocenters. The minimum Gasteiger partial charge on any atom is -0.490 e. The van der Waals surface area contributed by atoms with E-state index in [4.69, 9.17) is 32.7 Å². The number of likely N-dealkylation sites (tertiary alicyclic amines) is 1. The van der Waals surface area contributed by atoms with E-state index in [0.29, 0.717) is 46.3 Å². The molecule has 2 aromatic carbocycles. The molecular formula is C23H29Cl2FN2O2. The fourth-order valence-corrected chi connectivity index (χ4v) is 4.37. The van der Waals surface area contributed by atoms with Gasteiger partial charge in [-0.2, -0.15) is 0 Å². The fraction of sp³-hybridized carbons (Fsp3) is 0.478. The number of rotatable bonds is 10. The number of nitrogens with zero attached hydrogens (tertiary/aromatic N) is 1. The van der Waals surface area contributed by atoms with Gasteiger partial charge in [-0.3, -0.25) is 4.90 Å². The lowest BCUT2D eigenvalue weighted by Gasteiger charge is -2.23. The molecule has 3 rings (SSSR count). The molecule has 164 valence electrons. The van der Waals surface area contributed by atoms with E-state index >= 15 is 0 Å². The summed E-state index contributed by atoms with van der Waals surface area (Å²) in [6, 6.07) is 8.92. The SMILES string of the molecule is CCOc1cc(CNCC2CCCN2CC)cc(Cl)c1OCc1c(F)cccc1Cl. The summed E-state index contributed by atoms with van der Waals surface area (Å²) in [5, 5.41) is 4.28. The van der Waals surface area contributed by atoms with Gasteiger partial charge in [0.15, 0.2) is 11.5 Å². The maximum atomic E-state index is 14.0. The molecule has 0 radical (unpaired) electrons. The monoisotopic (exact) mass is 454 g/mol. The molecule has 0 aliphatic carbocycles. The van der Waals surface area contributed by atoms with Crippen molar-refractivity contribution in [1.29, 1.82) is 0 Å². The van der Waals surface area contributed by atoms with Crippen molar-refractivity contribution >= 4 is 23.2 Å². The second-order valence-corrected chi connectivity index (χ2v) is 8.20. The number of halogens is 3. The Morgan fingerprint density at radius 3 is 2.73 bits per heavy atom. The van der Waals surface area contributed by atoms with Gasteiger partial charge in [-0.25, -0.2) is 4.39 Å².